The Labute approximate surface area is 162 Å². The molecular weight excluding hydrogens is 394 g/mol. The lowest BCUT2D eigenvalue weighted by Gasteiger charge is -2.06. The maximum absolute atomic E-state index is 12.0. The highest BCUT2D eigenvalue weighted by molar-refractivity contribution is 6.32. The maximum atomic E-state index is 12.0. The zero-order valence-corrected chi connectivity index (χ0v) is 14.8. The molecule has 1 amide bonds. The first kappa shape index (κ1) is 19.1. The van der Waals surface area contributed by atoms with Crippen LogP contribution < -0.4 is 5.32 Å². The number of ether oxygens (including phenoxy) is 1. The van der Waals surface area contributed by atoms with Crippen LogP contribution in [0.3, 0.4) is 0 Å². The Kier molecular flexibility index (Phi) is 5.70. The third-order valence-corrected chi connectivity index (χ3v) is 3.82. The fourth-order valence-electron chi connectivity index (χ4n) is 2.17. The van der Waals surface area contributed by atoms with Gasteiger partial charge in [-0.3, -0.25) is 19.7 Å². The second-order valence-electron chi connectivity index (χ2n) is 5.43. The Morgan fingerprint density at radius 1 is 1.25 bits per heavy atom. The van der Waals surface area contributed by atoms with Crippen molar-refractivity contribution in [1.82, 2.24) is 10.5 Å². The molecule has 28 heavy (non-hydrogen) atoms. The predicted molar refractivity (Wildman–Crippen MR) is 94.4 cm³/mol. The quantitative estimate of drug-likeness (QED) is 0.359. The lowest BCUT2D eigenvalue weighted by Crippen LogP contribution is -2.30. The van der Waals surface area contributed by atoms with Crippen LogP contribution in [-0.4, -0.2) is 28.5 Å². The molecule has 0 aliphatic rings. The number of nitrogens with one attached hydrogen (secondary N) is 1. The van der Waals surface area contributed by atoms with Crippen LogP contribution in [-0.2, 0) is 16.1 Å². The van der Waals surface area contributed by atoms with Crippen molar-refractivity contribution in [1.29, 1.82) is 0 Å². The number of nitrogens with zero attached hydrogens (tertiary/aromatic N) is 2. The summed E-state index contributed by atoms with van der Waals surface area (Å²) in [6, 6.07) is 8.49. The highest BCUT2D eigenvalue weighted by Crippen LogP contribution is 2.25. The Bertz CT molecular complexity index is 1010. The van der Waals surface area contributed by atoms with Gasteiger partial charge in [0.05, 0.1) is 11.2 Å². The minimum absolute atomic E-state index is 0.0107. The molecule has 2 aromatic heterocycles. The van der Waals surface area contributed by atoms with E-state index in [2.05, 4.69) is 10.5 Å². The predicted octanol–water partition coefficient (Wildman–Crippen LogP) is 2.97. The maximum Gasteiger partial charge on any atom is 0.325 e. The van der Waals surface area contributed by atoms with Gasteiger partial charge in [-0.15, -0.1) is 0 Å². The molecule has 0 bridgehead atoms. The first-order valence-electron chi connectivity index (χ1n) is 7.81. The molecule has 3 aromatic rings. The van der Waals surface area contributed by atoms with E-state index < -0.39 is 29.0 Å². The van der Waals surface area contributed by atoms with Gasteiger partial charge in [0.15, 0.2) is 5.76 Å². The van der Waals surface area contributed by atoms with Crippen molar-refractivity contribution in [2.24, 2.45) is 0 Å². The summed E-state index contributed by atoms with van der Waals surface area (Å²) >= 11 is 5.69. The van der Waals surface area contributed by atoms with Gasteiger partial charge in [-0.25, -0.2) is 0 Å². The number of hydrogen-bond acceptors (Lipinski definition) is 8. The largest absolute Gasteiger partial charge is 0.461 e. The molecule has 1 aromatic carbocycles. The SMILES string of the molecule is O=C(CNC(=O)c1ccc(Cl)c([N+](=O)[O-])c1)OCc1cc(-c2ccco2)on1. The molecule has 0 saturated heterocycles. The van der Waals surface area contributed by atoms with Crippen molar-refractivity contribution < 1.29 is 28.2 Å². The van der Waals surface area contributed by atoms with Gasteiger partial charge in [-0.05, 0) is 24.3 Å². The molecule has 10 nitrogen and oxygen atoms in total. The molecule has 2 heterocycles. The van der Waals surface area contributed by atoms with E-state index >= 15 is 0 Å². The summed E-state index contributed by atoms with van der Waals surface area (Å²) in [4.78, 5) is 33.9. The summed E-state index contributed by atoms with van der Waals surface area (Å²) in [6.07, 6.45) is 1.48. The molecular formula is C17H12ClN3O7. The number of nitro benzene ring substituents is 1. The van der Waals surface area contributed by atoms with Crippen molar-refractivity contribution in [3.63, 3.8) is 0 Å². The summed E-state index contributed by atoms with van der Waals surface area (Å²) in [7, 11) is 0. The zero-order chi connectivity index (χ0) is 20.1. The number of aromatic nitrogens is 1. The fraction of sp³-hybridized carbons (Fsp3) is 0.118. The smallest absolute Gasteiger partial charge is 0.325 e. The molecule has 0 saturated carbocycles. The first-order chi connectivity index (χ1) is 13.4. The van der Waals surface area contributed by atoms with Gasteiger partial charge in [-0.1, -0.05) is 16.8 Å². The van der Waals surface area contributed by atoms with Crippen molar-refractivity contribution in [2.45, 2.75) is 6.61 Å². The summed E-state index contributed by atoms with van der Waals surface area (Å²) in [5.74, 6) is -0.541. The van der Waals surface area contributed by atoms with Crippen LogP contribution in [0.1, 0.15) is 16.1 Å². The standard InChI is InChI=1S/C17H12ClN3O7/c18-12-4-3-10(6-13(12)21(24)25)17(23)19-8-16(22)27-9-11-7-15(28-20-11)14-2-1-5-26-14/h1-7H,8-9H2,(H,19,23). The minimum atomic E-state index is -0.723. The number of benzene rings is 1. The van der Waals surface area contributed by atoms with E-state index in [9.17, 15) is 19.7 Å². The van der Waals surface area contributed by atoms with Crippen molar-refractivity contribution in [3.05, 3.63) is 69.1 Å². The number of furan rings is 1. The monoisotopic (exact) mass is 405 g/mol. The van der Waals surface area contributed by atoms with Gasteiger partial charge in [0.25, 0.3) is 11.6 Å². The van der Waals surface area contributed by atoms with Gasteiger partial charge < -0.3 is 19.0 Å². The number of hydrogen-bond donors (Lipinski definition) is 1. The lowest BCUT2D eigenvalue weighted by atomic mass is 10.2. The third-order valence-electron chi connectivity index (χ3n) is 3.50. The number of amides is 1. The molecule has 144 valence electrons. The number of carbonyl (C=O) groups is 2. The first-order valence-corrected chi connectivity index (χ1v) is 8.19. The van der Waals surface area contributed by atoms with Gasteiger partial charge in [0.1, 0.15) is 23.9 Å². The molecule has 0 radical (unpaired) electrons. The van der Waals surface area contributed by atoms with Gasteiger partial charge >= 0.3 is 5.97 Å². The van der Waals surface area contributed by atoms with Gasteiger partial charge in [0, 0.05) is 17.7 Å². The highest BCUT2D eigenvalue weighted by Gasteiger charge is 2.17. The van der Waals surface area contributed by atoms with Crippen LogP contribution >= 0.6 is 11.6 Å². The average molecular weight is 406 g/mol. The zero-order valence-electron chi connectivity index (χ0n) is 14.1. The second-order valence-corrected chi connectivity index (χ2v) is 5.83. The molecule has 0 aliphatic carbocycles. The van der Waals surface area contributed by atoms with E-state index in [0.29, 0.717) is 17.2 Å². The van der Waals surface area contributed by atoms with Crippen LogP contribution in [0.4, 0.5) is 5.69 Å². The molecule has 3 rings (SSSR count). The Balaban J connectivity index is 1.50. The van der Waals surface area contributed by atoms with E-state index in [4.69, 9.17) is 25.3 Å². The van der Waals surface area contributed by atoms with Gasteiger partial charge in [0.2, 0.25) is 5.76 Å². The number of halogens is 1. The topological polar surface area (TPSA) is 138 Å². The number of carbonyl (C=O) groups excluding carboxylic acids is 2. The summed E-state index contributed by atoms with van der Waals surface area (Å²) in [6.45, 7) is -0.594. The molecule has 11 heteroatoms. The highest BCUT2D eigenvalue weighted by atomic mass is 35.5. The van der Waals surface area contributed by atoms with Crippen molar-refractivity contribution in [3.8, 4) is 11.5 Å². The molecule has 0 spiro atoms. The molecule has 0 fully saturated rings. The van der Waals surface area contributed by atoms with E-state index in [-0.39, 0.29) is 17.2 Å². The number of rotatable bonds is 7. The third kappa shape index (κ3) is 4.54. The van der Waals surface area contributed by atoms with Crippen molar-refractivity contribution in [2.75, 3.05) is 6.54 Å². The van der Waals surface area contributed by atoms with Crippen LogP contribution in [0.2, 0.25) is 5.02 Å². The Hall–Kier alpha value is -3.66. The summed E-state index contributed by atoms with van der Waals surface area (Å²) in [5.41, 5.74) is -0.0572. The molecule has 0 unspecified atom stereocenters. The van der Waals surface area contributed by atoms with Crippen LogP contribution in [0, 0.1) is 10.1 Å². The van der Waals surface area contributed by atoms with Crippen LogP contribution in [0.15, 0.2) is 51.6 Å². The molecule has 1 N–H and O–H groups in total. The molecule has 0 aliphatic heterocycles. The van der Waals surface area contributed by atoms with Crippen molar-refractivity contribution >= 4 is 29.2 Å². The number of nitro groups is 1. The fourth-order valence-corrected chi connectivity index (χ4v) is 2.36. The Morgan fingerprint density at radius 3 is 2.79 bits per heavy atom. The van der Waals surface area contributed by atoms with Crippen LogP contribution in [0.5, 0.6) is 0 Å². The normalized spacial score (nSPS) is 10.5. The van der Waals surface area contributed by atoms with E-state index in [1.165, 1.54) is 18.4 Å². The average Bonchev–Trinajstić information content (AvgIpc) is 3.36. The van der Waals surface area contributed by atoms with E-state index in [1.54, 1.807) is 18.2 Å². The minimum Gasteiger partial charge on any atom is -0.461 e. The Morgan fingerprint density at radius 2 is 2.07 bits per heavy atom. The van der Waals surface area contributed by atoms with E-state index in [0.717, 1.165) is 6.07 Å². The number of esters is 1. The van der Waals surface area contributed by atoms with Crippen LogP contribution in [0.25, 0.3) is 11.5 Å². The summed E-state index contributed by atoms with van der Waals surface area (Å²) in [5, 5.41) is 16.8. The second kappa shape index (κ2) is 8.35. The summed E-state index contributed by atoms with van der Waals surface area (Å²) < 4.78 is 15.2. The molecule has 0 atom stereocenters. The lowest BCUT2D eigenvalue weighted by molar-refractivity contribution is -0.384. The van der Waals surface area contributed by atoms with E-state index in [1.807, 2.05) is 0 Å². The van der Waals surface area contributed by atoms with Gasteiger partial charge in [-0.2, -0.15) is 0 Å².